The smallest absolute Gasteiger partial charge is 0.335 e. The maximum atomic E-state index is 13.0. The zero-order valence-corrected chi connectivity index (χ0v) is 10.4. The van der Waals surface area contributed by atoms with Crippen LogP contribution in [0.15, 0.2) is 52.3 Å². The first kappa shape index (κ1) is 13.1. The molecule has 0 atom stereocenters. The molecule has 0 fully saturated rings. The monoisotopic (exact) mass is 273 g/mol. The Bertz CT molecular complexity index is 662. The van der Waals surface area contributed by atoms with Crippen molar-refractivity contribution in [3.8, 4) is 6.07 Å². The lowest BCUT2D eigenvalue weighted by atomic mass is 10.2. The zero-order valence-electron chi connectivity index (χ0n) is 9.63. The molecule has 2 rings (SSSR count). The van der Waals surface area contributed by atoms with Crippen molar-refractivity contribution in [1.29, 1.82) is 5.26 Å². The van der Waals surface area contributed by atoms with E-state index in [-0.39, 0.29) is 11.1 Å². The molecule has 0 unspecified atom stereocenters. The van der Waals surface area contributed by atoms with Crippen LogP contribution in [0.4, 0.5) is 4.39 Å². The van der Waals surface area contributed by atoms with Crippen LogP contribution in [0.1, 0.15) is 15.9 Å². The molecule has 5 heteroatoms. The van der Waals surface area contributed by atoms with Crippen molar-refractivity contribution in [2.24, 2.45) is 0 Å². The summed E-state index contributed by atoms with van der Waals surface area (Å²) in [6.07, 6.45) is 0. The molecule has 0 saturated carbocycles. The largest absolute Gasteiger partial charge is 0.478 e. The minimum atomic E-state index is -0.990. The van der Waals surface area contributed by atoms with E-state index in [0.29, 0.717) is 4.90 Å². The molecular formula is C14H8FNO2S. The number of carboxylic acid groups (broad SMARTS) is 1. The van der Waals surface area contributed by atoms with Crippen LogP contribution in [0.2, 0.25) is 0 Å². The average Bonchev–Trinajstić information content (AvgIpc) is 2.41. The number of halogens is 1. The zero-order chi connectivity index (χ0) is 13.8. The quantitative estimate of drug-likeness (QED) is 0.929. The number of nitriles is 1. The molecule has 0 bridgehead atoms. The van der Waals surface area contributed by atoms with E-state index in [1.165, 1.54) is 42.1 Å². The van der Waals surface area contributed by atoms with Gasteiger partial charge in [0.05, 0.1) is 11.1 Å². The number of hydrogen-bond donors (Lipinski definition) is 1. The molecule has 3 nitrogen and oxygen atoms in total. The third-order valence-electron chi connectivity index (χ3n) is 2.39. The third-order valence-corrected chi connectivity index (χ3v) is 3.47. The fraction of sp³-hybridized carbons (Fsp3) is 0. The molecule has 1 N–H and O–H groups in total. The first-order valence-corrected chi connectivity index (χ1v) is 6.12. The van der Waals surface area contributed by atoms with E-state index in [0.717, 1.165) is 4.90 Å². The fourth-order valence-corrected chi connectivity index (χ4v) is 2.35. The van der Waals surface area contributed by atoms with Gasteiger partial charge >= 0.3 is 5.97 Å². The highest BCUT2D eigenvalue weighted by Crippen LogP contribution is 2.30. The summed E-state index contributed by atoms with van der Waals surface area (Å²) in [7, 11) is 0. The van der Waals surface area contributed by atoms with Crippen LogP contribution in [0.3, 0.4) is 0 Å². The van der Waals surface area contributed by atoms with Crippen molar-refractivity contribution in [2.45, 2.75) is 9.79 Å². The second-order valence-corrected chi connectivity index (χ2v) is 4.80. The fourth-order valence-electron chi connectivity index (χ4n) is 1.47. The molecule has 2 aromatic carbocycles. The summed E-state index contributed by atoms with van der Waals surface area (Å²) in [5.74, 6) is -1.45. The van der Waals surface area contributed by atoms with Crippen LogP contribution in [0.25, 0.3) is 0 Å². The van der Waals surface area contributed by atoms with Gasteiger partial charge in [0.2, 0.25) is 0 Å². The van der Waals surface area contributed by atoms with Crippen LogP contribution in [0, 0.1) is 17.1 Å². The van der Waals surface area contributed by atoms with Crippen molar-refractivity contribution in [3.05, 3.63) is 59.4 Å². The molecule has 2 aromatic rings. The molecule has 19 heavy (non-hydrogen) atoms. The molecule has 0 aliphatic carbocycles. The van der Waals surface area contributed by atoms with E-state index in [2.05, 4.69) is 0 Å². The van der Waals surface area contributed by atoms with Gasteiger partial charge in [0.25, 0.3) is 0 Å². The second kappa shape index (κ2) is 5.55. The number of nitrogens with zero attached hydrogens (tertiary/aromatic N) is 1. The van der Waals surface area contributed by atoms with Gasteiger partial charge in [-0.3, -0.25) is 0 Å². The summed E-state index contributed by atoms with van der Waals surface area (Å²) < 4.78 is 13.0. The first-order valence-electron chi connectivity index (χ1n) is 5.31. The van der Waals surface area contributed by atoms with Gasteiger partial charge < -0.3 is 5.11 Å². The average molecular weight is 273 g/mol. The van der Waals surface area contributed by atoms with E-state index in [4.69, 9.17) is 10.4 Å². The summed E-state index contributed by atoms with van der Waals surface area (Å²) in [5.41, 5.74) is 0.455. The molecule has 0 aromatic heterocycles. The lowest BCUT2D eigenvalue weighted by Crippen LogP contribution is -1.94. The summed E-state index contributed by atoms with van der Waals surface area (Å²) in [6, 6.07) is 12.2. The topological polar surface area (TPSA) is 61.1 Å². The Labute approximate surface area is 113 Å². The van der Waals surface area contributed by atoms with Crippen molar-refractivity contribution in [2.75, 3.05) is 0 Å². The summed E-state index contributed by atoms with van der Waals surface area (Å²) >= 11 is 1.29. The highest BCUT2D eigenvalue weighted by atomic mass is 32.2. The van der Waals surface area contributed by atoms with Gasteiger partial charge in [-0.25, -0.2) is 9.18 Å². The van der Waals surface area contributed by atoms with Gasteiger partial charge in [0.1, 0.15) is 11.9 Å². The maximum absolute atomic E-state index is 13.0. The van der Waals surface area contributed by atoms with Gasteiger partial charge in [-0.05, 0) is 42.5 Å². The van der Waals surface area contributed by atoms with E-state index in [1.807, 2.05) is 6.07 Å². The van der Waals surface area contributed by atoms with Crippen molar-refractivity contribution in [3.63, 3.8) is 0 Å². The van der Waals surface area contributed by atoms with Crippen molar-refractivity contribution >= 4 is 17.7 Å². The van der Waals surface area contributed by atoms with E-state index in [1.54, 1.807) is 12.1 Å². The van der Waals surface area contributed by atoms with Gasteiger partial charge in [-0.1, -0.05) is 11.8 Å². The minimum Gasteiger partial charge on any atom is -0.478 e. The maximum Gasteiger partial charge on any atom is 0.335 e. The van der Waals surface area contributed by atoms with Crippen molar-refractivity contribution in [1.82, 2.24) is 0 Å². The Kier molecular flexibility index (Phi) is 3.83. The Morgan fingerprint density at radius 2 is 1.89 bits per heavy atom. The predicted octanol–water partition coefficient (Wildman–Crippen LogP) is 3.55. The van der Waals surface area contributed by atoms with Crippen molar-refractivity contribution < 1.29 is 14.3 Å². The van der Waals surface area contributed by atoms with Gasteiger partial charge in [0.15, 0.2) is 0 Å². The predicted molar refractivity (Wildman–Crippen MR) is 68.6 cm³/mol. The number of carboxylic acids is 1. The Hall–Kier alpha value is -2.32. The molecule has 0 saturated heterocycles. The minimum absolute atomic E-state index is 0.198. The Balaban J connectivity index is 2.26. The molecule has 0 aliphatic heterocycles. The summed E-state index contributed by atoms with van der Waals surface area (Å²) in [4.78, 5) is 12.1. The molecule has 0 aliphatic rings. The van der Waals surface area contributed by atoms with Crippen LogP contribution >= 0.6 is 11.8 Å². The molecule has 0 amide bonds. The standard InChI is InChI=1S/C14H8FNO2S/c15-11-3-6-13(10(7-11)8-16)19-12-4-1-9(2-5-12)14(17)18/h1-7H,(H,17,18). The number of hydrogen-bond acceptors (Lipinski definition) is 3. The molecule has 0 spiro atoms. The van der Waals surface area contributed by atoms with Crippen LogP contribution in [0.5, 0.6) is 0 Å². The van der Waals surface area contributed by atoms with E-state index < -0.39 is 11.8 Å². The Morgan fingerprint density at radius 1 is 1.21 bits per heavy atom. The normalized spacial score (nSPS) is 9.89. The molecule has 0 radical (unpaired) electrons. The van der Waals surface area contributed by atoms with Crippen LogP contribution < -0.4 is 0 Å². The van der Waals surface area contributed by atoms with E-state index >= 15 is 0 Å². The SMILES string of the molecule is N#Cc1cc(F)ccc1Sc1ccc(C(=O)O)cc1. The lowest BCUT2D eigenvalue weighted by Gasteiger charge is -2.04. The van der Waals surface area contributed by atoms with E-state index in [9.17, 15) is 9.18 Å². The summed E-state index contributed by atoms with van der Waals surface area (Å²) in [6.45, 7) is 0. The molecule has 94 valence electrons. The van der Waals surface area contributed by atoms with Gasteiger partial charge in [-0.2, -0.15) is 5.26 Å². The number of aromatic carboxylic acids is 1. The van der Waals surface area contributed by atoms with Gasteiger partial charge in [-0.15, -0.1) is 0 Å². The number of rotatable bonds is 3. The number of benzene rings is 2. The van der Waals surface area contributed by atoms with Gasteiger partial charge in [0, 0.05) is 9.79 Å². The van der Waals surface area contributed by atoms with Crippen LogP contribution in [-0.2, 0) is 0 Å². The van der Waals surface area contributed by atoms with Crippen LogP contribution in [-0.4, -0.2) is 11.1 Å². The first-order chi connectivity index (χ1) is 9.10. The Morgan fingerprint density at radius 3 is 2.47 bits per heavy atom. The lowest BCUT2D eigenvalue weighted by molar-refractivity contribution is 0.0697. The highest BCUT2D eigenvalue weighted by molar-refractivity contribution is 7.99. The second-order valence-electron chi connectivity index (χ2n) is 3.68. The molecule has 0 heterocycles. The number of carbonyl (C=O) groups is 1. The molecular weight excluding hydrogens is 265 g/mol. The highest BCUT2D eigenvalue weighted by Gasteiger charge is 2.07. The third kappa shape index (κ3) is 3.12. The summed E-state index contributed by atoms with van der Waals surface area (Å²) in [5, 5.41) is 17.7.